The molecule has 1 amide bonds. The van der Waals surface area contributed by atoms with E-state index in [0.29, 0.717) is 6.42 Å². The second-order valence-corrected chi connectivity index (χ2v) is 3.07. The van der Waals surface area contributed by atoms with Crippen LogP contribution in [0.4, 0.5) is 4.79 Å². The zero-order valence-electron chi connectivity index (χ0n) is 8.33. The number of nitriles is 1. The molecule has 74 valence electrons. The Hall–Kier alpha value is -1.24. The summed E-state index contributed by atoms with van der Waals surface area (Å²) in [5.41, 5.74) is 0. The first-order valence-corrected chi connectivity index (χ1v) is 4.44. The van der Waals surface area contributed by atoms with Crippen molar-refractivity contribution in [3.8, 4) is 6.07 Å². The quantitative estimate of drug-likeness (QED) is 0.724. The largest absolute Gasteiger partial charge is 0.447 e. The van der Waals surface area contributed by atoms with Crippen LogP contribution in [0.25, 0.3) is 0 Å². The number of amides is 1. The van der Waals surface area contributed by atoms with Gasteiger partial charge in [-0.2, -0.15) is 5.26 Å². The van der Waals surface area contributed by atoms with Crippen molar-refractivity contribution in [2.75, 3.05) is 0 Å². The Morgan fingerprint density at radius 3 is 2.62 bits per heavy atom. The summed E-state index contributed by atoms with van der Waals surface area (Å²) < 4.78 is 4.87. The minimum atomic E-state index is -0.447. The van der Waals surface area contributed by atoms with E-state index in [-0.39, 0.29) is 12.1 Å². The zero-order chi connectivity index (χ0) is 10.3. The van der Waals surface area contributed by atoms with E-state index in [0.717, 1.165) is 6.42 Å². The van der Waals surface area contributed by atoms with Gasteiger partial charge < -0.3 is 10.1 Å². The van der Waals surface area contributed by atoms with Crippen LogP contribution in [0, 0.1) is 11.3 Å². The van der Waals surface area contributed by atoms with Crippen molar-refractivity contribution in [1.82, 2.24) is 5.32 Å². The van der Waals surface area contributed by atoms with Crippen LogP contribution >= 0.6 is 0 Å². The van der Waals surface area contributed by atoms with Gasteiger partial charge in [0.25, 0.3) is 0 Å². The first-order valence-electron chi connectivity index (χ1n) is 4.44. The number of hydrogen-bond donors (Lipinski definition) is 1. The number of rotatable bonds is 4. The normalized spacial score (nSPS) is 11.9. The van der Waals surface area contributed by atoms with E-state index in [4.69, 9.17) is 10.00 Å². The molecule has 0 aliphatic heterocycles. The van der Waals surface area contributed by atoms with Crippen molar-refractivity contribution in [3.63, 3.8) is 0 Å². The van der Waals surface area contributed by atoms with E-state index in [1.165, 1.54) is 0 Å². The lowest BCUT2D eigenvalue weighted by Gasteiger charge is -2.14. The third-order valence-electron chi connectivity index (χ3n) is 1.50. The van der Waals surface area contributed by atoms with E-state index < -0.39 is 6.09 Å². The second-order valence-electron chi connectivity index (χ2n) is 3.07. The van der Waals surface area contributed by atoms with Crippen LogP contribution in [-0.2, 0) is 4.74 Å². The number of ether oxygens (including phenoxy) is 1. The molecule has 0 aromatic heterocycles. The molecule has 0 saturated heterocycles. The lowest BCUT2D eigenvalue weighted by Crippen LogP contribution is -2.35. The molecular weight excluding hydrogens is 168 g/mol. The Bertz CT molecular complexity index is 196. The molecule has 0 bridgehead atoms. The Kier molecular flexibility index (Phi) is 5.69. The minimum absolute atomic E-state index is 0.101. The highest BCUT2D eigenvalue weighted by Gasteiger charge is 2.11. The average Bonchev–Trinajstić information content (AvgIpc) is 2.02. The van der Waals surface area contributed by atoms with Crippen LogP contribution in [0.5, 0.6) is 0 Å². The molecule has 0 heterocycles. The molecule has 0 aromatic rings. The van der Waals surface area contributed by atoms with Gasteiger partial charge in [-0.25, -0.2) is 4.79 Å². The molecule has 4 heteroatoms. The van der Waals surface area contributed by atoms with Gasteiger partial charge in [-0.15, -0.1) is 0 Å². The molecule has 0 radical (unpaired) electrons. The SMILES string of the molecule is CCC(CC#N)NC(=O)OC(C)C. The molecule has 0 aliphatic carbocycles. The smallest absolute Gasteiger partial charge is 0.407 e. The standard InChI is InChI=1S/C9H16N2O2/c1-4-8(5-6-10)11-9(12)13-7(2)3/h7-8H,4-5H2,1-3H3,(H,11,12). The van der Waals surface area contributed by atoms with Gasteiger partial charge in [0.15, 0.2) is 0 Å². The maximum atomic E-state index is 11.1. The van der Waals surface area contributed by atoms with Crippen molar-refractivity contribution < 1.29 is 9.53 Å². The van der Waals surface area contributed by atoms with E-state index in [9.17, 15) is 4.79 Å². The molecule has 4 nitrogen and oxygen atoms in total. The number of hydrogen-bond acceptors (Lipinski definition) is 3. The van der Waals surface area contributed by atoms with Crippen molar-refractivity contribution in [2.24, 2.45) is 0 Å². The van der Waals surface area contributed by atoms with Crippen molar-refractivity contribution >= 4 is 6.09 Å². The molecular formula is C9H16N2O2. The van der Waals surface area contributed by atoms with Crippen LogP contribution in [0.1, 0.15) is 33.6 Å². The summed E-state index contributed by atoms with van der Waals surface area (Å²) in [6.07, 6.45) is 0.487. The molecule has 0 spiro atoms. The van der Waals surface area contributed by atoms with E-state index in [2.05, 4.69) is 5.32 Å². The lowest BCUT2D eigenvalue weighted by atomic mass is 10.2. The molecule has 0 aliphatic rings. The second kappa shape index (κ2) is 6.30. The third kappa shape index (κ3) is 5.97. The summed E-state index contributed by atoms with van der Waals surface area (Å²) in [7, 11) is 0. The number of nitrogens with zero attached hydrogens (tertiary/aromatic N) is 1. The first-order chi connectivity index (χ1) is 6.10. The molecule has 0 saturated carbocycles. The van der Waals surface area contributed by atoms with Crippen molar-refractivity contribution in [3.05, 3.63) is 0 Å². The topological polar surface area (TPSA) is 62.1 Å². The monoisotopic (exact) mass is 184 g/mol. The maximum absolute atomic E-state index is 11.1. The summed E-state index contributed by atoms with van der Waals surface area (Å²) in [6.45, 7) is 5.48. The van der Waals surface area contributed by atoms with Gasteiger partial charge in [-0.1, -0.05) is 6.92 Å². The number of carbonyl (C=O) groups excluding carboxylic acids is 1. The van der Waals surface area contributed by atoms with Gasteiger partial charge in [-0.3, -0.25) is 0 Å². The summed E-state index contributed by atoms with van der Waals surface area (Å²) in [5.74, 6) is 0. The summed E-state index contributed by atoms with van der Waals surface area (Å²) in [4.78, 5) is 11.1. The van der Waals surface area contributed by atoms with E-state index >= 15 is 0 Å². The van der Waals surface area contributed by atoms with Crippen LogP contribution in [0.2, 0.25) is 0 Å². The molecule has 1 unspecified atom stereocenters. The highest BCUT2D eigenvalue weighted by Crippen LogP contribution is 1.97. The molecule has 13 heavy (non-hydrogen) atoms. The van der Waals surface area contributed by atoms with Gasteiger partial charge in [0.1, 0.15) is 0 Å². The predicted molar refractivity (Wildman–Crippen MR) is 49.1 cm³/mol. The summed E-state index contributed by atoms with van der Waals surface area (Å²) in [6, 6.07) is 1.91. The lowest BCUT2D eigenvalue weighted by molar-refractivity contribution is 0.112. The van der Waals surface area contributed by atoms with Gasteiger partial charge in [-0.05, 0) is 20.3 Å². The Morgan fingerprint density at radius 2 is 2.23 bits per heavy atom. The highest BCUT2D eigenvalue weighted by molar-refractivity contribution is 5.67. The fourth-order valence-corrected chi connectivity index (χ4v) is 0.822. The van der Waals surface area contributed by atoms with Crippen LogP contribution in [-0.4, -0.2) is 18.2 Å². The Morgan fingerprint density at radius 1 is 1.62 bits per heavy atom. The van der Waals surface area contributed by atoms with Gasteiger partial charge in [0.2, 0.25) is 0 Å². The Balaban J connectivity index is 3.81. The fourth-order valence-electron chi connectivity index (χ4n) is 0.822. The van der Waals surface area contributed by atoms with Crippen LogP contribution in [0.3, 0.4) is 0 Å². The van der Waals surface area contributed by atoms with Crippen molar-refractivity contribution in [1.29, 1.82) is 5.26 Å². The number of nitrogens with one attached hydrogen (secondary N) is 1. The molecule has 0 rings (SSSR count). The maximum Gasteiger partial charge on any atom is 0.407 e. The Labute approximate surface area is 78.9 Å². The molecule has 0 fully saturated rings. The summed E-state index contributed by atoms with van der Waals surface area (Å²) >= 11 is 0. The van der Waals surface area contributed by atoms with Crippen LogP contribution < -0.4 is 5.32 Å². The van der Waals surface area contributed by atoms with Gasteiger partial charge >= 0.3 is 6.09 Å². The average molecular weight is 184 g/mol. The van der Waals surface area contributed by atoms with Gasteiger partial charge in [0, 0.05) is 6.04 Å². The van der Waals surface area contributed by atoms with Crippen molar-refractivity contribution in [2.45, 2.75) is 45.8 Å². The zero-order valence-corrected chi connectivity index (χ0v) is 8.33. The molecule has 1 N–H and O–H groups in total. The predicted octanol–water partition coefficient (Wildman–Crippen LogP) is 1.81. The van der Waals surface area contributed by atoms with E-state index in [1.54, 1.807) is 13.8 Å². The van der Waals surface area contributed by atoms with Gasteiger partial charge in [0.05, 0.1) is 18.6 Å². The highest BCUT2D eigenvalue weighted by atomic mass is 16.6. The fraction of sp³-hybridized carbons (Fsp3) is 0.778. The third-order valence-corrected chi connectivity index (χ3v) is 1.50. The number of carbonyl (C=O) groups is 1. The minimum Gasteiger partial charge on any atom is -0.447 e. The first kappa shape index (κ1) is 11.8. The molecule has 0 aromatic carbocycles. The van der Waals surface area contributed by atoms with Crippen LogP contribution in [0.15, 0.2) is 0 Å². The van der Waals surface area contributed by atoms with E-state index in [1.807, 2.05) is 13.0 Å². The number of alkyl carbamates (subject to hydrolysis) is 1. The summed E-state index contributed by atoms with van der Waals surface area (Å²) in [5, 5.41) is 11.0. The molecule has 1 atom stereocenters.